The van der Waals surface area contributed by atoms with E-state index in [9.17, 15) is 4.79 Å². The summed E-state index contributed by atoms with van der Waals surface area (Å²) < 4.78 is 5.60. The molecule has 2 N–H and O–H groups in total. The first-order valence-corrected chi connectivity index (χ1v) is 8.45. The number of quaternary nitrogens is 1. The third kappa shape index (κ3) is 6.42. The van der Waals surface area contributed by atoms with Crippen LogP contribution in [0, 0.1) is 0 Å². The lowest BCUT2D eigenvalue weighted by Gasteiger charge is -2.13. The average molecular weight is 327 g/mol. The minimum absolute atomic E-state index is 0.0682. The van der Waals surface area contributed by atoms with Gasteiger partial charge < -0.3 is 15.0 Å². The third-order valence-corrected chi connectivity index (χ3v) is 3.70. The van der Waals surface area contributed by atoms with E-state index < -0.39 is 0 Å². The maximum atomic E-state index is 12.0. The molecule has 0 unspecified atom stereocenters. The molecule has 0 heterocycles. The van der Waals surface area contributed by atoms with Crippen LogP contribution in [0.4, 0.5) is 0 Å². The summed E-state index contributed by atoms with van der Waals surface area (Å²) in [4.78, 5) is 13.4. The Morgan fingerprint density at radius 3 is 2.38 bits per heavy atom. The van der Waals surface area contributed by atoms with Crippen molar-refractivity contribution in [3.8, 4) is 5.75 Å². The molecule has 0 aliphatic rings. The third-order valence-electron chi connectivity index (χ3n) is 3.70. The number of benzene rings is 2. The zero-order valence-electron chi connectivity index (χ0n) is 14.5. The zero-order valence-corrected chi connectivity index (χ0v) is 14.5. The molecule has 0 bridgehead atoms. The minimum Gasteiger partial charge on any atom is -0.494 e. The van der Waals surface area contributed by atoms with Crippen LogP contribution in [0.5, 0.6) is 5.75 Å². The summed E-state index contributed by atoms with van der Waals surface area (Å²) >= 11 is 0. The van der Waals surface area contributed by atoms with E-state index in [1.54, 1.807) is 0 Å². The van der Waals surface area contributed by atoms with E-state index in [-0.39, 0.29) is 5.91 Å². The first-order valence-electron chi connectivity index (χ1n) is 8.45. The Balaban J connectivity index is 1.70. The van der Waals surface area contributed by atoms with Gasteiger partial charge in [0.25, 0.3) is 0 Å². The standard InChI is InChI=1S/C20H26N2O2/c1-22(2)16-18-10-7-6-9-17(18)15-21-20(23)13-8-14-24-19-11-4-3-5-12-19/h3-7,9-12H,8,13-16H2,1-2H3,(H,21,23)/p+1. The number of para-hydroxylation sites is 1. The van der Waals surface area contributed by atoms with Gasteiger partial charge in [0.1, 0.15) is 12.3 Å². The smallest absolute Gasteiger partial charge is 0.220 e. The number of amides is 1. The molecule has 0 radical (unpaired) electrons. The summed E-state index contributed by atoms with van der Waals surface area (Å²) in [5, 5.41) is 3.01. The molecule has 4 heteroatoms. The normalized spacial score (nSPS) is 10.6. The van der Waals surface area contributed by atoms with E-state index in [1.807, 2.05) is 42.5 Å². The molecule has 0 aromatic heterocycles. The number of nitrogens with one attached hydrogen (secondary N) is 2. The monoisotopic (exact) mass is 327 g/mol. The van der Waals surface area contributed by atoms with Crippen LogP contribution in [0.2, 0.25) is 0 Å². The van der Waals surface area contributed by atoms with E-state index in [0.29, 0.717) is 26.0 Å². The van der Waals surface area contributed by atoms with Crippen molar-refractivity contribution in [3.05, 3.63) is 65.7 Å². The van der Waals surface area contributed by atoms with Gasteiger partial charge in [-0.2, -0.15) is 0 Å². The molecule has 4 nitrogen and oxygen atoms in total. The quantitative estimate of drug-likeness (QED) is 0.690. The van der Waals surface area contributed by atoms with Crippen LogP contribution in [0.3, 0.4) is 0 Å². The van der Waals surface area contributed by atoms with Crippen LogP contribution in [0.15, 0.2) is 54.6 Å². The van der Waals surface area contributed by atoms with E-state index in [4.69, 9.17) is 4.74 Å². The van der Waals surface area contributed by atoms with Gasteiger partial charge in [-0.05, 0) is 24.1 Å². The number of hydrogen-bond acceptors (Lipinski definition) is 2. The van der Waals surface area contributed by atoms with Crippen LogP contribution >= 0.6 is 0 Å². The van der Waals surface area contributed by atoms with Gasteiger partial charge in [-0.15, -0.1) is 0 Å². The molecular weight excluding hydrogens is 300 g/mol. The lowest BCUT2D eigenvalue weighted by atomic mass is 10.1. The molecule has 0 saturated carbocycles. The Morgan fingerprint density at radius 1 is 1.00 bits per heavy atom. The first kappa shape index (κ1) is 18.0. The number of carbonyl (C=O) groups excluding carboxylic acids is 1. The Kier molecular flexibility index (Phi) is 7.30. The summed E-state index contributed by atoms with van der Waals surface area (Å²) in [5.74, 6) is 0.914. The van der Waals surface area contributed by atoms with Gasteiger partial charge in [-0.25, -0.2) is 0 Å². The average Bonchev–Trinajstić information content (AvgIpc) is 2.58. The van der Waals surface area contributed by atoms with Crippen molar-refractivity contribution in [1.82, 2.24) is 5.32 Å². The van der Waals surface area contributed by atoms with Crippen LogP contribution in [-0.4, -0.2) is 26.6 Å². The van der Waals surface area contributed by atoms with Gasteiger partial charge in [-0.1, -0.05) is 42.5 Å². The van der Waals surface area contributed by atoms with Crippen LogP contribution in [0.1, 0.15) is 24.0 Å². The SMILES string of the molecule is C[NH+](C)Cc1ccccc1CNC(=O)CCCOc1ccccc1. The second-order valence-corrected chi connectivity index (χ2v) is 6.19. The summed E-state index contributed by atoms with van der Waals surface area (Å²) in [6, 6.07) is 17.9. The van der Waals surface area contributed by atoms with Crippen LogP contribution < -0.4 is 15.0 Å². The van der Waals surface area contributed by atoms with Gasteiger partial charge in [0, 0.05) is 18.5 Å². The molecule has 2 aromatic rings. The van der Waals surface area contributed by atoms with Crippen molar-refractivity contribution in [1.29, 1.82) is 0 Å². The van der Waals surface area contributed by atoms with Crippen molar-refractivity contribution in [3.63, 3.8) is 0 Å². The predicted molar refractivity (Wildman–Crippen MR) is 96.0 cm³/mol. The van der Waals surface area contributed by atoms with E-state index in [0.717, 1.165) is 12.3 Å². The maximum absolute atomic E-state index is 12.0. The predicted octanol–water partition coefficient (Wildman–Crippen LogP) is 1.81. The molecule has 0 fully saturated rings. The lowest BCUT2D eigenvalue weighted by Crippen LogP contribution is -3.04. The van der Waals surface area contributed by atoms with E-state index in [1.165, 1.54) is 16.0 Å². The zero-order chi connectivity index (χ0) is 17.2. The number of carbonyl (C=O) groups is 1. The number of ether oxygens (including phenoxy) is 1. The van der Waals surface area contributed by atoms with Crippen molar-refractivity contribution < 1.29 is 14.4 Å². The fraction of sp³-hybridized carbons (Fsp3) is 0.350. The number of hydrogen-bond donors (Lipinski definition) is 2. The molecule has 0 spiro atoms. The van der Waals surface area contributed by atoms with E-state index in [2.05, 4.69) is 31.5 Å². The van der Waals surface area contributed by atoms with Crippen LogP contribution in [0.25, 0.3) is 0 Å². The van der Waals surface area contributed by atoms with Crippen molar-refractivity contribution in [2.75, 3.05) is 20.7 Å². The highest BCUT2D eigenvalue weighted by molar-refractivity contribution is 5.75. The second-order valence-electron chi connectivity index (χ2n) is 6.19. The fourth-order valence-electron chi connectivity index (χ4n) is 2.50. The van der Waals surface area contributed by atoms with Gasteiger partial charge in [0.15, 0.2) is 0 Å². The highest BCUT2D eigenvalue weighted by Crippen LogP contribution is 2.09. The molecule has 1 amide bonds. The minimum atomic E-state index is 0.0682. The summed E-state index contributed by atoms with van der Waals surface area (Å²) in [6.07, 6.45) is 1.19. The van der Waals surface area contributed by atoms with Crippen LogP contribution in [-0.2, 0) is 17.9 Å². The Hall–Kier alpha value is -2.33. The molecule has 0 aliphatic heterocycles. The molecule has 0 atom stereocenters. The summed E-state index contributed by atoms with van der Waals surface area (Å²) in [5.41, 5.74) is 2.47. The molecular formula is C20H27N2O2+. The second kappa shape index (κ2) is 9.73. The van der Waals surface area contributed by atoms with Gasteiger partial charge >= 0.3 is 0 Å². The van der Waals surface area contributed by atoms with Crippen molar-refractivity contribution in [2.45, 2.75) is 25.9 Å². The number of rotatable bonds is 9. The molecule has 2 rings (SSSR count). The van der Waals surface area contributed by atoms with E-state index >= 15 is 0 Å². The highest BCUT2D eigenvalue weighted by atomic mass is 16.5. The topological polar surface area (TPSA) is 42.8 Å². The lowest BCUT2D eigenvalue weighted by molar-refractivity contribution is -0.872. The maximum Gasteiger partial charge on any atom is 0.220 e. The Bertz CT molecular complexity index is 627. The van der Waals surface area contributed by atoms with Crippen molar-refractivity contribution >= 4 is 5.91 Å². The van der Waals surface area contributed by atoms with Gasteiger partial charge in [0.2, 0.25) is 5.91 Å². The Morgan fingerprint density at radius 2 is 1.67 bits per heavy atom. The molecule has 128 valence electrons. The van der Waals surface area contributed by atoms with Gasteiger partial charge in [-0.3, -0.25) is 4.79 Å². The fourth-order valence-corrected chi connectivity index (χ4v) is 2.50. The molecule has 0 aliphatic carbocycles. The first-order chi connectivity index (χ1) is 11.6. The molecule has 24 heavy (non-hydrogen) atoms. The van der Waals surface area contributed by atoms with Crippen molar-refractivity contribution in [2.24, 2.45) is 0 Å². The summed E-state index contributed by atoms with van der Waals surface area (Å²) in [6.45, 7) is 2.09. The largest absolute Gasteiger partial charge is 0.494 e. The molecule has 0 saturated heterocycles. The highest BCUT2D eigenvalue weighted by Gasteiger charge is 2.07. The Labute approximate surface area is 144 Å². The summed E-state index contributed by atoms with van der Waals surface area (Å²) in [7, 11) is 4.25. The van der Waals surface area contributed by atoms with Gasteiger partial charge in [0.05, 0.1) is 20.7 Å². The molecule has 2 aromatic carbocycles.